The van der Waals surface area contributed by atoms with Crippen molar-refractivity contribution in [3.8, 4) is 22.6 Å². The van der Waals surface area contributed by atoms with Crippen molar-refractivity contribution in [1.82, 2.24) is 0 Å². The van der Waals surface area contributed by atoms with E-state index in [1.165, 1.54) is 12.8 Å². The van der Waals surface area contributed by atoms with Crippen LogP contribution in [0, 0.1) is 13.8 Å². The normalized spacial score (nSPS) is 9.21. The molecule has 0 atom stereocenters. The predicted octanol–water partition coefficient (Wildman–Crippen LogP) is 0.676. The first-order valence-corrected chi connectivity index (χ1v) is 10.5. The van der Waals surface area contributed by atoms with E-state index in [0.717, 1.165) is 34.4 Å². The summed E-state index contributed by atoms with van der Waals surface area (Å²) in [5, 5.41) is 28.6. The summed E-state index contributed by atoms with van der Waals surface area (Å²) in [7, 11) is 0. The fourth-order valence-corrected chi connectivity index (χ4v) is 3.02. The molecular weight excluding hydrogens is 406 g/mol. The molecule has 0 N–H and O–H groups in total. The van der Waals surface area contributed by atoms with Crippen LogP contribution in [-0.4, -0.2) is 23.1 Å². The third-order valence-electron chi connectivity index (χ3n) is 4.74. The molecule has 158 valence electrons. The molecule has 5 heteroatoms. The van der Waals surface area contributed by atoms with Gasteiger partial charge in [0.05, 0.1) is 0 Å². The van der Waals surface area contributed by atoms with Crippen LogP contribution in [0.15, 0.2) is 72.8 Å². The maximum absolute atomic E-state index is 12.5. The quantitative estimate of drug-likeness (QED) is 0.350. The number of fused-ring (bicyclic) bond motifs is 2. The van der Waals surface area contributed by atoms with Crippen molar-refractivity contribution in [1.29, 1.82) is 0 Å². The van der Waals surface area contributed by atoms with Crippen LogP contribution in [0.5, 0.6) is 11.5 Å². The average molecular weight is 437 g/mol. The summed E-state index contributed by atoms with van der Waals surface area (Å²) >= 11 is 0. The summed E-state index contributed by atoms with van der Waals surface area (Å²) in [6.07, 6.45) is 4.56. The first-order chi connectivity index (χ1) is 14.6. The zero-order valence-corrected chi connectivity index (χ0v) is 22.1. The molecule has 0 aliphatic heterocycles. The molecule has 0 fully saturated rings. The molecule has 0 spiro atoms. The molecule has 0 aromatic heterocycles. The molecule has 0 aliphatic rings. The van der Waals surface area contributed by atoms with Gasteiger partial charge in [0.2, 0.25) is 0 Å². The second-order valence-corrected chi connectivity index (χ2v) is 7.03. The summed E-state index contributed by atoms with van der Waals surface area (Å²) < 4.78 is 0. The van der Waals surface area contributed by atoms with Gasteiger partial charge in [-0.15, -0.1) is 11.5 Å². The second-order valence-electron chi connectivity index (χ2n) is 7.03. The van der Waals surface area contributed by atoms with E-state index >= 15 is 0 Å². The number of hydrogen-bond acceptors (Lipinski definition) is 2. The SMILES string of the molecule is [CH2-]CCC.[CH2-]CCC.[Li+].[Li+].[Mg+2].[O-]c1ccc2ccccc2c1-c1c([O-])ccc2ccccc12. The Labute approximate surface area is 239 Å². The molecule has 0 bridgehead atoms. The molecule has 0 amide bonds. The van der Waals surface area contributed by atoms with Gasteiger partial charge in [0.1, 0.15) is 0 Å². The smallest absolute Gasteiger partial charge is 0.872 e. The topological polar surface area (TPSA) is 46.1 Å². The van der Waals surface area contributed by atoms with E-state index < -0.39 is 0 Å². The fourth-order valence-electron chi connectivity index (χ4n) is 3.02. The zero-order valence-electron chi connectivity index (χ0n) is 20.7. The Kier molecular flexibility index (Phi) is 18.9. The van der Waals surface area contributed by atoms with Gasteiger partial charge in [-0.2, -0.15) is 12.8 Å². The Morgan fingerprint density at radius 1 is 0.576 bits per heavy atom. The summed E-state index contributed by atoms with van der Waals surface area (Å²) in [6.45, 7) is 11.4. The van der Waals surface area contributed by atoms with Crippen molar-refractivity contribution in [3.63, 3.8) is 0 Å². The predicted molar refractivity (Wildman–Crippen MR) is 132 cm³/mol. The van der Waals surface area contributed by atoms with Crippen LogP contribution in [0.3, 0.4) is 0 Å². The van der Waals surface area contributed by atoms with E-state index in [9.17, 15) is 10.2 Å². The number of hydrogen-bond donors (Lipinski definition) is 0. The maximum atomic E-state index is 12.5. The van der Waals surface area contributed by atoms with Crippen molar-refractivity contribution in [2.75, 3.05) is 0 Å². The van der Waals surface area contributed by atoms with Gasteiger partial charge in [0.25, 0.3) is 0 Å². The summed E-state index contributed by atoms with van der Waals surface area (Å²) in [6, 6.07) is 22.0. The molecular formula is C28H30Li2MgO2. The molecule has 0 aliphatic carbocycles. The van der Waals surface area contributed by atoms with Crippen LogP contribution in [-0.2, 0) is 0 Å². The molecule has 2 nitrogen and oxygen atoms in total. The van der Waals surface area contributed by atoms with Crippen LogP contribution in [0.25, 0.3) is 32.7 Å². The van der Waals surface area contributed by atoms with Crippen molar-refractivity contribution in [3.05, 3.63) is 86.6 Å². The molecule has 0 saturated heterocycles. The standard InChI is InChI=1S/C20H14O2.2C4H9.2Li.Mg/c21-17-11-9-13-5-1-3-7-15(13)19(17)20-16-8-4-2-6-14(16)10-12-18(20)22;2*1-3-4-2;;;/h1-12,21-22H;2*1,3-4H2,2H3;;;/q;2*-1;2*+1;+2/p-2. The zero-order chi connectivity index (χ0) is 21.9. The largest absolute Gasteiger partial charge is 2.00 e. The minimum absolute atomic E-state index is 0. The minimum atomic E-state index is -0.118. The summed E-state index contributed by atoms with van der Waals surface area (Å²) in [5.41, 5.74) is 1.000. The number of unbranched alkanes of at least 4 members (excludes halogenated alkanes) is 2. The van der Waals surface area contributed by atoms with Gasteiger partial charge in [0.15, 0.2) is 0 Å². The van der Waals surface area contributed by atoms with E-state index in [4.69, 9.17) is 0 Å². The maximum Gasteiger partial charge on any atom is 2.00 e. The van der Waals surface area contributed by atoms with Gasteiger partial charge in [-0.25, -0.2) is 0 Å². The van der Waals surface area contributed by atoms with Crippen LogP contribution >= 0.6 is 0 Å². The summed E-state index contributed by atoms with van der Waals surface area (Å²) in [4.78, 5) is 0. The Hall–Kier alpha value is -1.04. The van der Waals surface area contributed by atoms with Gasteiger partial charge in [-0.1, -0.05) is 99.5 Å². The Balaban J connectivity index is 0. The van der Waals surface area contributed by atoms with E-state index in [1.54, 1.807) is 24.3 Å². The third kappa shape index (κ3) is 9.26. The molecule has 4 aromatic carbocycles. The Morgan fingerprint density at radius 3 is 1.18 bits per heavy atom. The molecule has 0 radical (unpaired) electrons. The Bertz CT molecular complexity index is 993. The first kappa shape index (κ1) is 34.1. The average Bonchev–Trinajstić information content (AvgIpc) is 2.80. The van der Waals surface area contributed by atoms with Crippen LogP contribution in [0.2, 0.25) is 0 Å². The van der Waals surface area contributed by atoms with Crippen molar-refractivity contribution in [2.45, 2.75) is 39.5 Å². The van der Waals surface area contributed by atoms with Gasteiger partial charge >= 0.3 is 60.8 Å². The van der Waals surface area contributed by atoms with Crippen LogP contribution < -0.4 is 47.9 Å². The van der Waals surface area contributed by atoms with E-state index in [1.807, 2.05) is 48.5 Å². The third-order valence-corrected chi connectivity index (χ3v) is 4.74. The van der Waals surface area contributed by atoms with Crippen molar-refractivity contribution >= 4 is 44.6 Å². The molecule has 4 rings (SSSR count). The molecule has 33 heavy (non-hydrogen) atoms. The molecule has 0 saturated carbocycles. The van der Waals surface area contributed by atoms with E-state index in [0.29, 0.717) is 11.1 Å². The molecule has 4 aromatic rings. The van der Waals surface area contributed by atoms with E-state index in [2.05, 4.69) is 27.7 Å². The van der Waals surface area contributed by atoms with Crippen molar-refractivity contribution < 1.29 is 47.9 Å². The second kappa shape index (κ2) is 18.3. The molecule has 0 heterocycles. The number of benzene rings is 4. The summed E-state index contributed by atoms with van der Waals surface area (Å²) in [5.74, 6) is -0.237. The van der Waals surface area contributed by atoms with Gasteiger partial charge in [0, 0.05) is 0 Å². The van der Waals surface area contributed by atoms with Crippen LogP contribution in [0.1, 0.15) is 39.5 Å². The van der Waals surface area contributed by atoms with Gasteiger partial charge in [-0.05, 0) is 32.7 Å². The Morgan fingerprint density at radius 2 is 0.879 bits per heavy atom. The van der Waals surface area contributed by atoms with E-state index in [-0.39, 0.29) is 72.3 Å². The van der Waals surface area contributed by atoms with Gasteiger partial charge < -0.3 is 24.1 Å². The monoisotopic (exact) mass is 436 g/mol. The first-order valence-electron chi connectivity index (χ1n) is 10.5. The van der Waals surface area contributed by atoms with Crippen LogP contribution in [0.4, 0.5) is 0 Å². The number of rotatable bonds is 3. The van der Waals surface area contributed by atoms with Gasteiger partial charge in [-0.3, -0.25) is 0 Å². The minimum Gasteiger partial charge on any atom is -0.872 e. The van der Waals surface area contributed by atoms with Crippen molar-refractivity contribution in [2.24, 2.45) is 0 Å². The molecule has 0 unspecified atom stereocenters. The fraction of sp³-hybridized carbons (Fsp3) is 0.214.